The molecule has 2 fully saturated rings. The Morgan fingerprint density at radius 2 is 1.90 bits per heavy atom. The Kier molecular flexibility index (Phi) is 4.15. The van der Waals surface area contributed by atoms with E-state index in [-0.39, 0.29) is 24.0 Å². The maximum Gasteiger partial charge on any atom is 0.227 e. The molecule has 0 spiro atoms. The number of aliphatic hydroxyl groups excluding tert-OH is 1. The number of nitrogens with one attached hydrogen (secondary N) is 1. The maximum absolute atomic E-state index is 11.9. The lowest BCUT2D eigenvalue weighted by Crippen LogP contribution is -2.34. The molecule has 4 nitrogen and oxygen atoms in total. The highest BCUT2D eigenvalue weighted by molar-refractivity contribution is 5.94. The Morgan fingerprint density at radius 1 is 1.24 bits per heavy atom. The van der Waals surface area contributed by atoms with Crippen molar-refractivity contribution in [3.05, 3.63) is 24.3 Å². The van der Waals surface area contributed by atoms with Gasteiger partial charge >= 0.3 is 0 Å². The van der Waals surface area contributed by atoms with Gasteiger partial charge in [0.25, 0.3) is 0 Å². The molecule has 0 heterocycles. The first-order valence-electron chi connectivity index (χ1n) is 7.89. The van der Waals surface area contributed by atoms with Gasteiger partial charge in [-0.3, -0.25) is 4.79 Å². The summed E-state index contributed by atoms with van der Waals surface area (Å²) in [6.07, 6.45) is 4.42. The first-order valence-corrected chi connectivity index (χ1v) is 7.89. The third-order valence-corrected chi connectivity index (χ3v) is 4.52. The van der Waals surface area contributed by atoms with E-state index < -0.39 is 0 Å². The molecule has 0 saturated heterocycles. The second-order valence-electron chi connectivity index (χ2n) is 6.34. The standard InChI is InChI=1S/C17H23NO3/c1-11-10-14(11)17(20)18-12-6-8-13(9-7-12)21-16-5-3-2-4-15(16)19/h6-9,11,14-16,19H,2-5,10H2,1H3,(H,18,20)/t11-,14+,15-,16-/m1/s1. The molecule has 4 heteroatoms. The highest BCUT2D eigenvalue weighted by Gasteiger charge is 2.39. The molecule has 1 aromatic carbocycles. The Labute approximate surface area is 125 Å². The summed E-state index contributed by atoms with van der Waals surface area (Å²) in [5, 5.41) is 12.8. The average molecular weight is 289 g/mol. The summed E-state index contributed by atoms with van der Waals surface area (Å²) in [4.78, 5) is 11.9. The van der Waals surface area contributed by atoms with Crippen LogP contribution in [0.2, 0.25) is 0 Å². The molecule has 2 N–H and O–H groups in total. The van der Waals surface area contributed by atoms with E-state index in [2.05, 4.69) is 12.2 Å². The van der Waals surface area contributed by atoms with Gasteiger partial charge in [0.1, 0.15) is 11.9 Å². The summed E-state index contributed by atoms with van der Waals surface area (Å²) >= 11 is 0. The zero-order valence-electron chi connectivity index (χ0n) is 12.4. The third kappa shape index (κ3) is 3.56. The quantitative estimate of drug-likeness (QED) is 0.896. The fourth-order valence-corrected chi connectivity index (χ4v) is 2.93. The smallest absolute Gasteiger partial charge is 0.227 e. The van der Waals surface area contributed by atoms with Gasteiger partial charge in [0, 0.05) is 11.6 Å². The van der Waals surface area contributed by atoms with Gasteiger partial charge in [-0.15, -0.1) is 0 Å². The molecule has 0 bridgehead atoms. The predicted molar refractivity (Wildman–Crippen MR) is 81.2 cm³/mol. The molecule has 1 amide bonds. The molecule has 2 aliphatic carbocycles. The summed E-state index contributed by atoms with van der Waals surface area (Å²) in [7, 11) is 0. The van der Waals surface area contributed by atoms with Crippen LogP contribution in [-0.4, -0.2) is 23.2 Å². The molecule has 2 aliphatic rings. The van der Waals surface area contributed by atoms with Gasteiger partial charge in [-0.2, -0.15) is 0 Å². The van der Waals surface area contributed by atoms with Gasteiger partial charge in [0.05, 0.1) is 6.10 Å². The minimum absolute atomic E-state index is 0.105. The second kappa shape index (κ2) is 6.06. The van der Waals surface area contributed by atoms with Gasteiger partial charge in [-0.25, -0.2) is 0 Å². The molecule has 0 radical (unpaired) electrons. The van der Waals surface area contributed by atoms with Gasteiger partial charge in [-0.05, 0) is 55.9 Å². The van der Waals surface area contributed by atoms with Crippen LogP contribution in [0, 0.1) is 11.8 Å². The first kappa shape index (κ1) is 14.4. The zero-order valence-corrected chi connectivity index (χ0v) is 12.4. The van der Waals surface area contributed by atoms with Crippen molar-refractivity contribution < 1.29 is 14.6 Å². The summed E-state index contributed by atoms with van der Waals surface area (Å²) in [5.41, 5.74) is 0.802. The van der Waals surface area contributed by atoms with Gasteiger partial charge in [0.2, 0.25) is 5.91 Å². The SMILES string of the molecule is C[C@@H]1C[C@@H]1C(=O)Nc1ccc(O[C@@H]2CCCC[C@H]2O)cc1. The van der Waals surface area contributed by atoms with E-state index in [4.69, 9.17) is 4.74 Å². The lowest BCUT2D eigenvalue weighted by Gasteiger charge is -2.28. The number of amides is 1. The van der Waals surface area contributed by atoms with Crippen LogP contribution < -0.4 is 10.1 Å². The van der Waals surface area contributed by atoms with Crippen LogP contribution in [0.15, 0.2) is 24.3 Å². The van der Waals surface area contributed by atoms with Crippen LogP contribution in [0.4, 0.5) is 5.69 Å². The fourth-order valence-electron chi connectivity index (χ4n) is 2.93. The molecule has 4 atom stereocenters. The van der Waals surface area contributed by atoms with Crippen LogP contribution in [0.5, 0.6) is 5.75 Å². The normalized spacial score (nSPS) is 31.5. The topological polar surface area (TPSA) is 58.6 Å². The van der Waals surface area contributed by atoms with E-state index in [1.807, 2.05) is 24.3 Å². The first-order chi connectivity index (χ1) is 10.1. The lowest BCUT2D eigenvalue weighted by atomic mass is 9.95. The van der Waals surface area contributed by atoms with E-state index >= 15 is 0 Å². The molecule has 21 heavy (non-hydrogen) atoms. The van der Waals surface area contributed by atoms with E-state index in [0.717, 1.165) is 43.5 Å². The van der Waals surface area contributed by atoms with Crippen molar-refractivity contribution in [3.8, 4) is 5.75 Å². The lowest BCUT2D eigenvalue weighted by molar-refractivity contribution is -0.117. The van der Waals surface area contributed by atoms with Crippen molar-refractivity contribution in [1.29, 1.82) is 0 Å². The molecule has 0 aromatic heterocycles. The van der Waals surface area contributed by atoms with Crippen molar-refractivity contribution >= 4 is 11.6 Å². The van der Waals surface area contributed by atoms with Gasteiger partial charge < -0.3 is 15.2 Å². The van der Waals surface area contributed by atoms with Crippen LogP contribution in [0.3, 0.4) is 0 Å². The summed E-state index contributed by atoms with van der Waals surface area (Å²) in [6.45, 7) is 2.09. The minimum Gasteiger partial charge on any atom is -0.488 e. The van der Waals surface area contributed by atoms with Crippen LogP contribution in [0.1, 0.15) is 39.0 Å². The number of rotatable bonds is 4. The number of anilines is 1. The maximum atomic E-state index is 11.9. The van der Waals surface area contributed by atoms with E-state index in [0.29, 0.717) is 5.92 Å². The Bertz CT molecular complexity index is 499. The minimum atomic E-state index is -0.366. The number of aliphatic hydroxyl groups is 1. The zero-order chi connectivity index (χ0) is 14.8. The summed E-state index contributed by atoms with van der Waals surface area (Å²) in [6, 6.07) is 7.42. The molecular formula is C17H23NO3. The Morgan fingerprint density at radius 3 is 2.52 bits per heavy atom. The Hall–Kier alpha value is -1.55. The Balaban J connectivity index is 1.55. The largest absolute Gasteiger partial charge is 0.488 e. The molecule has 1 aromatic rings. The highest BCUT2D eigenvalue weighted by atomic mass is 16.5. The molecule has 2 saturated carbocycles. The molecule has 0 aliphatic heterocycles. The number of carbonyl (C=O) groups excluding carboxylic acids is 1. The molecular weight excluding hydrogens is 266 g/mol. The number of ether oxygens (including phenoxy) is 1. The van der Waals surface area contributed by atoms with Crippen molar-refractivity contribution in [2.24, 2.45) is 11.8 Å². The van der Waals surface area contributed by atoms with Crippen molar-refractivity contribution in [1.82, 2.24) is 0 Å². The highest BCUT2D eigenvalue weighted by Crippen LogP contribution is 2.38. The van der Waals surface area contributed by atoms with Crippen molar-refractivity contribution in [2.45, 2.75) is 51.2 Å². The number of hydrogen-bond acceptors (Lipinski definition) is 3. The second-order valence-corrected chi connectivity index (χ2v) is 6.34. The third-order valence-electron chi connectivity index (χ3n) is 4.52. The van der Waals surface area contributed by atoms with Crippen molar-refractivity contribution in [2.75, 3.05) is 5.32 Å². The van der Waals surface area contributed by atoms with Gasteiger partial charge in [0.15, 0.2) is 0 Å². The number of hydrogen-bond donors (Lipinski definition) is 2. The summed E-state index contributed by atoms with van der Waals surface area (Å²) < 4.78 is 5.84. The molecule has 3 rings (SSSR count). The van der Waals surface area contributed by atoms with E-state index in [9.17, 15) is 9.90 Å². The molecule has 0 unspecified atom stereocenters. The number of carbonyl (C=O) groups is 1. The van der Waals surface area contributed by atoms with Crippen molar-refractivity contribution in [3.63, 3.8) is 0 Å². The average Bonchev–Trinajstić information content (AvgIpc) is 3.21. The monoisotopic (exact) mass is 289 g/mol. The van der Waals surface area contributed by atoms with E-state index in [1.54, 1.807) is 0 Å². The van der Waals surface area contributed by atoms with Gasteiger partial charge in [-0.1, -0.05) is 13.3 Å². The summed E-state index contributed by atoms with van der Waals surface area (Å²) in [5.74, 6) is 1.55. The fraction of sp³-hybridized carbons (Fsp3) is 0.588. The van der Waals surface area contributed by atoms with Crippen LogP contribution in [-0.2, 0) is 4.79 Å². The van der Waals surface area contributed by atoms with Crippen LogP contribution >= 0.6 is 0 Å². The van der Waals surface area contributed by atoms with E-state index in [1.165, 1.54) is 0 Å². The predicted octanol–water partition coefficient (Wildman–Crippen LogP) is 2.96. The van der Waals surface area contributed by atoms with Crippen LogP contribution in [0.25, 0.3) is 0 Å². The molecule has 114 valence electrons. The number of benzene rings is 1.